The van der Waals surface area contributed by atoms with Crippen molar-refractivity contribution in [2.24, 2.45) is 0 Å². The van der Waals surface area contributed by atoms with E-state index in [0.29, 0.717) is 17.9 Å². The molecule has 0 aromatic heterocycles. The number of carbonyl (C=O) groups excluding carboxylic acids is 2. The molecule has 1 atom stereocenters. The first kappa shape index (κ1) is 16.6. The molecule has 20 heavy (non-hydrogen) atoms. The number of nitrogens with zero attached hydrogens (tertiary/aromatic N) is 2. The van der Waals surface area contributed by atoms with E-state index in [9.17, 15) is 22.8 Å². The van der Waals surface area contributed by atoms with Crippen molar-refractivity contribution in [1.29, 1.82) is 0 Å². The molecule has 116 valence electrons. The maximum absolute atomic E-state index is 12.3. The molecule has 1 saturated heterocycles. The molecular weight excluding hydrogens is 277 g/mol. The summed E-state index contributed by atoms with van der Waals surface area (Å²) in [4.78, 5) is 24.7. The zero-order valence-corrected chi connectivity index (χ0v) is 12.0. The first-order valence-corrected chi connectivity index (χ1v) is 6.24. The van der Waals surface area contributed by atoms with Crippen LogP contribution in [0.3, 0.4) is 0 Å². The summed E-state index contributed by atoms with van der Waals surface area (Å²) in [6, 6.07) is -0.429. The lowest BCUT2D eigenvalue weighted by molar-refractivity contribution is -0.185. The summed E-state index contributed by atoms with van der Waals surface area (Å²) in [5.41, 5.74) is -0.662. The number of ether oxygens (including phenoxy) is 1. The minimum absolute atomic E-state index is 0.155. The fourth-order valence-corrected chi connectivity index (χ4v) is 1.81. The van der Waals surface area contributed by atoms with Gasteiger partial charge >= 0.3 is 18.2 Å². The van der Waals surface area contributed by atoms with Crippen LogP contribution in [0.25, 0.3) is 0 Å². The molecule has 1 heterocycles. The van der Waals surface area contributed by atoms with Crippen LogP contribution in [0.4, 0.5) is 18.0 Å². The molecule has 0 bridgehead atoms. The normalized spacial score (nSPS) is 19.4. The monoisotopic (exact) mass is 296 g/mol. The SMILES string of the molecule is CN(C[C@@H]1CCN1C(=O)OC(C)(C)C)C(=O)C(F)(F)F. The first-order chi connectivity index (χ1) is 8.92. The molecule has 0 saturated carbocycles. The smallest absolute Gasteiger partial charge is 0.444 e. The Balaban J connectivity index is 2.54. The van der Waals surface area contributed by atoms with E-state index in [4.69, 9.17) is 4.74 Å². The van der Waals surface area contributed by atoms with Crippen molar-refractivity contribution in [2.75, 3.05) is 20.1 Å². The quantitative estimate of drug-likeness (QED) is 0.783. The zero-order valence-electron chi connectivity index (χ0n) is 12.0. The largest absolute Gasteiger partial charge is 0.471 e. The first-order valence-electron chi connectivity index (χ1n) is 6.24. The van der Waals surface area contributed by atoms with Gasteiger partial charge in [-0.25, -0.2) is 4.79 Å². The van der Waals surface area contributed by atoms with Crippen LogP contribution >= 0.6 is 0 Å². The second-order valence-electron chi connectivity index (χ2n) is 5.80. The van der Waals surface area contributed by atoms with Crippen LogP contribution in [0, 0.1) is 0 Å². The molecule has 0 unspecified atom stereocenters. The number of hydrogen-bond acceptors (Lipinski definition) is 3. The maximum atomic E-state index is 12.3. The molecule has 0 aromatic carbocycles. The molecule has 1 fully saturated rings. The molecule has 0 radical (unpaired) electrons. The van der Waals surface area contributed by atoms with Gasteiger partial charge < -0.3 is 14.5 Å². The van der Waals surface area contributed by atoms with Crippen LogP contribution in [-0.4, -0.2) is 59.8 Å². The number of alkyl halides is 3. The maximum Gasteiger partial charge on any atom is 0.471 e. The van der Waals surface area contributed by atoms with Gasteiger partial charge in [-0.05, 0) is 27.2 Å². The van der Waals surface area contributed by atoms with Gasteiger partial charge in [-0.15, -0.1) is 0 Å². The summed E-state index contributed by atoms with van der Waals surface area (Å²) in [7, 11) is 1.07. The van der Waals surface area contributed by atoms with E-state index >= 15 is 0 Å². The number of amides is 2. The van der Waals surface area contributed by atoms with Crippen molar-refractivity contribution in [2.45, 2.75) is 45.0 Å². The highest BCUT2D eigenvalue weighted by Gasteiger charge is 2.43. The van der Waals surface area contributed by atoms with Crippen molar-refractivity contribution in [3.8, 4) is 0 Å². The summed E-state index contributed by atoms with van der Waals surface area (Å²) < 4.78 is 41.9. The van der Waals surface area contributed by atoms with Gasteiger partial charge in [-0.1, -0.05) is 0 Å². The molecule has 0 N–H and O–H groups in total. The molecular formula is C12H19F3N2O3. The summed E-state index contributed by atoms with van der Waals surface area (Å²) in [6.45, 7) is 5.39. The van der Waals surface area contributed by atoms with Crippen LogP contribution < -0.4 is 0 Å². The summed E-state index contributed by atoms with van der Waals surface area (Å²) in [6.07, 6.45) is -4.91. The Labute approximate surface area is 115 Å². The Kier molecular flexibility index (Phi) is 4.55. The van der Waals surface area contributed by atoms with Crippen LogP contribution in [0.5, 0.6) is 0 Å². The number of rotatable bonds is 2. The molecule has 1 rings (SSSR count). The number of likely N-dealkylation sites (N-methyl/N-ethyl adjacent to an activating group) is 1. The molecule has 8 heteroatoms. The average Bonchev–Trinajstić information content (AvgIpc) is 2.18. The Morgan fingerprint density at radius 2 is 1.85 bits per heavy atom. The summed E-state index contributed by atoms with van der Waals surface area (Å²) in [5.74, 6) is -1.91. The lowest BCUT2D eigenvalue weighted by Crippen LogP contribution is -2.58. The molecule has 0 spiro atoms. The minimum Gasteiger partial charge on any atom is -0.444 e. The average molecular weight is 296 g/mol. The van der Waals surface area contributed by atoms with Crippen molar-refractivity contribution in [1.82, 2.24) is 9.80 Å². The van der Waals surface area contributed by atoms with Crippen molar-refractivity contribution in [3.63, 3.8) is 0 Å². The number of likely N-dealkylation sites (tertiary alicyclic amines) is 1. The highest BCUT2D eigenvalue weighted by molar-refractivity contribution is 5.81. The Hall–Kier alpha value is -1.47. The van der Waals surface area contributed by atoms with Gasteiger partial charge in [0.2, 0.25) is 0 Å². The van der Waals surface area contributed by atoms with E-state index in [1.807, 2.05) is 0 Å². The Bertz CT molecular complexity index is 390. The molecule has 1 aliphatic heterocycles. The number of hydrogen-bond donors (Lipinski definition) is 0. The third-order valence-electron chi connectivity index (χ3n) is 2.85. The molecule has 0 aromatic rings. The van der Waals surface area contributed by atoms with Crippen LogP contribution in [0.15, 0.2) is 0 Å². The third kappa shape index (κ3) is 4.28. The summed E-state index contributed by atoms with van der Waals surface area (Å²) >= 11 is 0. The lowest BCUT2D eigenvalue weighted by atomic mass is 10.0. The van der Waals surface area contributed by atoms with E-state index in [1.54, 1.807) is 20.8 Å². The van der Waals surface area contributed by atoms with E-state index in [-0.39, 0.29) is 6.54 Å². The fraction of sp³-hybridized carbons (Fsp3) is 0.833. The van der Waals surface area contributed by atoms with Crippen molar-refractivity contribution in [3.05, 3.63) is 0 Å². The zero-order chi connectivity index (χ0) is 15.7. The van der Waals surface area contributed by atoms with Gasteiger partial charge in [0, 0.05) is 20.1 Å². The summed E-state index contributed by atoms with van der Waals surface area (Å²) in [5, 5.41) is 0. The number of halogens is 3. The van der Waals surface area contributed by atoms with Crippen LogP contribution in [0.1, 0.15) is 27.2 Å². The van der Waals surface area contributed by atoms with E-state index in [0.717, 1.165) is 7.05 Å². The van der Waals surface area contributed by atoms with Crippen molar-refractivity contribution < 1.29 is 27.5 Å². The van der Waals surface area contributed by atoms with Gasteiger partial charge in [-0.3, -0.25) is 4.79 Å². The van der Waals surface area contributed by atoms with Gasteiger partial charge in [0.05, 0.1) is 6.04 Å². The topological polar surface area (TPSA) is 49.9 Å². The van der Waals surface area contributed by atoms with Crippen LogP contribution in [0.2, 0.25) is 0 Å². The van der Waals surface area contributed by atoms with Gasteiger partial charge in [0.15, 0.2) is 0 Å². The predicted octanol–water partition coefficient (Wildman–Crippen LogP) is 2.02. The number of carbonyl (C=O) groups is 2. The van der Waals surface area contributed by atoms with Gasteiger partial charge in [0.1, 0.15) is 5.60 Å². The van der Waals surface area contributed by atoms with Crippen molar-refractivity contribution >= 4 is 12.0 Å². The van der Waals surface area contributed by atoms with E-state index in [1.165, 1.54) is 4.90 Å². The second-order valence-corrected chi connectivity index (χ2v) is 5.80. The Morgan fingerprint density at radius 3 is 2.20 bits per heavy atom. The molecule has 2 amide bonds. The second kappa shape index (κ2) is 5.49. The molecule has 5 nitrogen and oxygen atoms in total. The third-order valence-corrected chi connectivity index (χ3v) is 2.85. The highest BCUT2D eigenvalue weighted by Crippen LogP contribution is 2.24. The standard InChI is InChI=1S/C12H19F3N2O3/c1-11(2,3)20-10(19)17-6-5-8(17)7-16(4)9(18)12(13,14)15/h8H,5-7H2,1-4H3/t8-/m0/s1. The molecule has 0 aliphatic carbocycles. The fourth-order valence-electron chi connectivity index (χ4n) is 1.81. The minimum atomic E-state index is -4.89. The van der Waals surface area contributed by atoms with Gasteiger partial charge in [-0.2, -0.15) is 13.2 Å². The van der Waals surface area contributed by atoms with E-state index < -0.39 is 29.8 Å². The van der Waals surface area contributed by atoms with E-state index in [2.05, 4.69) is 0 Å². The Morgan fingerprint density at radius 1 is 1.30 bits per heavy atom. The van der Waals surface area contributed by atoms with Gasteiger partial charge in [0.25, 0.3) is 0 Å². The predicted molar refractivity (Wildman–Crippen MR) is 65.0 cm³/mol. The molecule has 1 aliphatic rings. The lowest BCUT2D eigenvalue weighted by Gasteiger charge is -2.42. The van der Waals surface area contributed by atoms with Crippen LogP contribution in [-0.2, 0) is 9.53 Å². The highest BCUT2D eigenvalue weighted by atomic mass is 19.4.